The molecule has 1 saturated heterocycles. The molecule has 2 heteroatoms. The van der Waals surface area contributed by atoms with Gasteiger partial charge in [-0.05, 0) is 47.7 Å². The smallest absolute Gasteiger partial charge is 0.0399 e. The Morgan fingerprint density at radius 2 is 1.37 bits per heavy atom. The van der Waals surface area contributed by atoms with Crippen molar-refractivity contribution in [2.75, 3.05) is 31.1 Å². The topological polar surface area (TPSA) is 6.48 Å². The molecule has 0 bridgehead atoms. The summed E-state index contributed by atoms with van der Waals surface area (Å²) in [5.41, 5.74) is 8.10. The Bertz CT molecular complexity index is 876. The second kappa shape index (κ2) is 7.98. The summed E-state index contributed by atoms with van der Waals surface area (Å²) < 4.78 is 0. The second-order valence-corrected chi connectivity index (χ2v) is 7.62. The Morgan fingerprint density at radius 3 is 2.07 bits per heavy atom. The zero-order chi connectivity index (χ0) is 18.6. The first-order valence-electron chi connectivity index (χ1n) is 9.88. The molecule has 0 aliphatic carbocycles. The van der Waals surface area contributed by atoms with E-state index < -0.39 is 0 Å². The molecule has 0 aromatic heterocycles. The van der Waals surface area contributed by atoms with E-state index in [9.17, 15) is 0 Å². The molecule has 2 nitrogen and oxygen atoms in total. The molecule has 1 fully saturated rings. The van der Waals surface area contributed by atoms with Crippen molar-refractivity contribution in [3.63, 3.8) is 0 Å². The zero-order valence-electron chi connectivity index (χ0n) is 16.4. The molecule has 1 aliphatic heterocycles. The molecule has 4 rings (SSSR count). The highest BCUT2D eigenvalue weighted by Gasteiger charge is 2.18. The summed E-state index contributed by atoms with van der Waals surface area (Å²) in [6, 6.07) is 26.4. The highest BCUT2D eigenvalue weighted by atomic mass is 15.3. The summed E-state index contributed by atoms with van der Waals surface area (Å²) in [6.07, 6.45) is 0. The standard InChI is InChI=1S/C25H28N2/c1-20-8-9-21(2)25(18-20)27-16-14-26(15-17-27)19-22-10-12-24(13-11-22)23-6-4-3-5-7-23/h3-13,18H,14-17,19H2,1-2H3. The molecule has 0 N–H and O–H groups in total. The van der Waals surface area contributed by atoms with Crippen molar-refractivity contribution in [2.45, 2.75) is 20.4 Å². The Kier molecular flexibility index (Phi) is 5.26. The highest BCUT2D eigenvalue weighted by Crippen LogP contribution is 2.24. The first kappa shape index (κ1) is 17.8. The van der Waals surface area contributed by atoms with Gasteiger partial charge in [0.1, 0.15) is 0 Å². The summed E-state index contributed by atoms with van der Waals surface area (Å²) in [7, 11) is 0. The molecule has 0 amide bonds. The third kappa shape index (κ3) is 4.23. The summed E-state index contributed by atoms with van der Waals surface area (Å²) in [4.78, 5) is 5.11. The van der Waals surface area contributed by atoms with E-state index in [1.807, 2.05) is 0 Å². The predicted octanol–water partition coefficient (Wildman–Crippen LogP) is 5.29. The molecular formula is C25H28N2. The molecule has 0 spiro atoms. The fourth-order valence-corrected chi connectivity index (χ4v) is 3.90. The van der Waals surface area contributed by atoms with Gasteiger partial charge in [-0.15, -0.1) is 0 Å². The average molecular weight is 357 g/mol. The van der Waals surface area contributed by atoms with Gasteiger partial charge < -0.3 is 4.90 Å². The maximum Gasteiger partial charge on any atom is 0.0399 e. The highest BCUT2D eigenvalue weighted by molar-refractivity contribution is 5.63. The maximum absolute atomic E-state index is 2.57. The van der Waals surface area contributed by atoms with Crippen LogP contribution >= 0.6 is 0 Å². The lowest BCUT2D eigenvalue weighted by Gasteiger charge is -2.37. The van der Waals surface area contributed by atoms with Crippen LogP contribution in [0, 0.1) is 13.8 Å². The van der Waals surface area contributed by atoms with E-state index in [0.29, 0.717) is 0 Å². The lowest BCUT2D eigenvalue weighted by molar-refractivity contribution is 0.250. The van der Waals surface area contributed by atoms with Crippen LogP contribution in [0.3, 0.4) is 0 Å². The van der Waals surface area contributed by atoms with Crippen LogP contribution in [-0.4, -0.2) is 31.1 Å². The van der Waals surface area contributed by atoms with E-state index in [0.717, 1.165) is 32.7 Å². The van der Waals surface area contributed by atoms with Gasteiger partial charge in [-0.1, -0.05) is 66.7 Å². The van der Waals surface area contributed by atoms with Crippen molar-refractivity contribution in [3.05, 3.63) is 89.5 Å². The van der Waals surface area contributed by atoms with Gasteiger partial charge in [0.05, 0.1) is 0 Å². The largest absolute Gasteiger partial charge is 0.369 e. The van der Waals surface area contributed by atoms with E-state index in [4.69, 9.17) is 0 Å². The van der Waals surface area contributed by atoms with Gasteiger partial charge >= 0.3 is 0 Å². The monoisotopic (exact) mass is 356 g/mol. The third-order valence-corrected chi connectivity index (χ3v) is 5.54. The number of hydrogen-bond acceptors (Lipinski definition) is 2. The van der Waals surface area contributed by atoms with E-state index in [1.165, 1.54) is 33.5 Å². The minimum atomic E-state index is 1.04. The van der Waals surface area contributed by atoms with Crippen molar-refractivity contribution in [1.82, 2.24) is 4.90 Å². The Morgan fingerprint density at radius 1 is 0.704 bits per heavy atom. The predicted molar refractivity (Wildman–Crippen MR) is 115 cm³/mol. The van der Waals surface area contributed by atoms with Crippen LogP contribution in [0.1, 0.15) is 16.7 Å². The van der Waals surface area contributed by atoms with E-state index in [1.54, 1.807) is 0 Å². The number of rotatable bonds is 4. The molecule has 0 saturated carbocycles. The first-order valence-corrected chi connectivity index (χ1v) is 9.88. The van der Waals surface area contributed by atoms with Crippen LogP contribution in [0.4, 0.5) is 5.69 Å². The fraction of sp³-hybridized carbons (Fsp3) is 0.280. The van der Waals surface area contributed by atoms with Crippen LogP contribution < -0.4 is 4.90 Å². The minimum absolute atomic E-state index is 1.04. The van der Waals surface area contributed by atoms with Gasteiger partial charge in [0.2, 0.25) is 0 Å². The number of nitrogens with zero attached hydrogens (tertiary/aromatic N) is 2. The van der Waals surface area contributed by atoms with Crippen molar-refractivity contribution in [2.24, 2.45) is 0 Å². The number of anilines is 1. The Hall–Kier alpha value is -2.58. The SMILES string of the molecule is Cc1ccc(C)c(N2CCN(Cc3ccc(-c4ccccc4)cc3)CC2)c1. The summed E-state index contributed by atoms with van der Waals surface area (Å²) in [5.74, 6) is 0. The van der Waals surface area contributed by atoms with Crippen molar-refractivity contribution in [3.8, 4) is 11.1 Å². The van der Waals surface area contributed by atoms with Crippen molar-refractivity contribution >= 4 is 5.69 Å². The summed E-state index contributed by atoms with van der Waals surface area (Å²) >= 11 is 0. The summed E-state index contributed by atoms with van der Waals surface area (Å²) in [5, 5.41) is 0. The van der Waals surface area contributed by atoms with Gasteiger partial charge in [0.15, 0.2) is 0 Å². The van der Waals surface area contributed by atoms with E-state index in [2.05, 4.69) is 96.4 Å². The fourth-order valence-electron chi connectivity index (χ4n) is 3.90. The molecule has 1 aliphatic rings. The second-order valence-electron chi connectivity index (χ2n) is 7.62. The first-order chi connectivity index (χ1) is 13.2. The van der Waals surface area contributed by atoms with Gasteiger partial charge in [0, 0.05) is 38.4 Å². The Balaban J connectivity index is 1.36. The number of hydrogen-bond donors (Lipinski definition) is 0. The minimum Gasteiger partial charge on any atom is -0.369 e. The van der Waals surface area contributed by atoms with Crippen LogP contribution in [-0.2, 0) is 6.54 Å². The molecule has 138 valence electrons. The van der Waals surface area contributed by atoms with Crippen LogP contribution in [0.5, 0.6) is 0 Å². The lowest BCUT2D eigenvalue weighted by atomic mass is 10.0. The van der Waals surface area contributed by atoms with Crippen LogP contribution in [0.25, 0.3) is 11.1 Å². The van der Waals surface area contributed by atoms with Gasteiger partial charge in [-0.2, -0.15) is 0 Å². The van der Waals surface area contributed by atoms with Gasteiger partial charge in [-0.25, -0.2) is 0 Å². The molecular weight excluding hydrogens is 328 g/mol. The number of piperazine rings is 1. The maximum atomic E-state index is 2.57. The molecule has 3 aromatic carbocycles. The zero-order valence-corrected chi connectivity index (χ0v) is 16.4. The van der Waals surface area contributed by atoms with Gasteiger partial charge in [-0.3, -0.25) is 4.90 Å². The van der Waals surface area contributed by atoms with Crippen molar-refractivity contribution in [1.29, 1.82) is 0 Å². The number of aryl methyl sites for hydroxylation is 2. The lowest BCUT2D eigenvalue weighted by Crippen LogP contribution is -2.46. The van der Waals surface area contributed by atoms with E-state index >= 15 is 0 Å². The molecule has 3 aromatic rings. The molecule has 0 unspecified atom stereocenters. The quantitative estimate of drug-likeness (QED) is 0.626. The third-order valence-electron chi connectivity index (χ3n) is 5.54. The van der Waals surface area contributed by atoms with Crippen LogP contribution in [0.15, 0.2) is 72.8 Å². The van der Waals surface area contributed by atoms with Gasteiger partial charge in [0.25, 0.3) is 0 Å². The average Bonchev–Trinajstić information content (AvgIpc) is 2.72. The Labute approximate surface area is 163 Å². The molecule has 0 radical (unpaired) electrons. The normalized spacial score (nSPS) is 15.1. The molecule has 27 heavy (non-hydrogen) atoms. The molecule has 0 atom stereocenters. The molecule has 1 heterocycles. The van der Waals surface area contributed by atoms with E-state index in [-0.39, 0.29) is 0 Å². The summed E-state index contributed by atoms with van der Waals surface area (Å²) in [6.45, 7) is 9.88. The van der Waals surface area contributed by atoms with Crippen molar-refractivity contribution < 1.29 is 0 Å². The van der Waals surface area contributed by atoms with Crippen LogP contribution in [0.2, 0.25) is 0 Å². The number of benzene rings is 3.